The van der Waals surface area contributed by atoms with Crippen molar-refractivity contribution in [1.82, 2.24) is 10.3 Å². The summed E-state index contributed by atoms with van der Waals surface area (Å²) in [6.07, 6.45) is 5.12. The molecule has 1 N–H and O–H groups in total. The molecule has 3 rings (SSSR count). The van der Waals surface area contributed by atoms with Crippen molar-refractivity contribution in [3.05, 3.63) is 30.1 Å². The largest absolute Gasteiger partial charge is 0.378 e. The fraction of sp³-hybridized carbons (Fsp3) is 0.538. The predicted octanol–water partition coefficient (Wildman–Crippen LogP) is 1.03. The van der Waals surface area contributed by atoms with Gasteiger partial charge in [0.05, 0.1) is 13.2 Å². The second-order valence-corrected chi connectivity index (χ2v) is 4.87. The zero-order valence-electron chi connectivity index (χ0n) is 9.63. The number of ketones is 1. The van der Waals surface area contributed by atoms with E-state index < -0.39 is 0 Å². The lowest BCUT2D eigenvalue weighted by Crippen LogP contribution is -2.55. The lowest BCUT2D eigenvalue weighted by atomic mass is 9.82. The van der Waals surface area contributed by atoms with E-state index in [-0.39, 0.29) is 11.7 Å². The van der Waals surface area contributed by atoms with Gasteiger partial charge in [-0.15, -0.1) is 0 Å². The van der Waals surface area contributed by atoms with Gasteiger partial charge in [0, 0.05) is 36.0 Å². The van der Waals surface area contributed by atoms with Crippen LogP contribution in [0.15, 0.2) is 24.5 Å². The Bertz CT molecular complexity index is 395. The van der Waals surface area contributed by atoms with Gasteiger partial charge in [-0.1, -0.05) is 0 Å². The summed E-state index contributed by atoms with van der Waals surface area (Å²) in [5.74, 6) is 0.357. The highest BCUT2D eigenvalue weighted by Crippen LogP contribution is 2.26. The van der Waals surface area contributed by atoms with Gasteiger partial charge in [-0.3, -0.25) is 9.78 Å². The van der Waals surface area contributed by atoms with Gasteiger partial charge < -0.3 is 10.1 Å². The highest BCUT2D eigenvalue weighted by molar-refractivity contribution is 5.97. The minimum absolute atomic E-state index is 0.124. The van der Waals surface area contributed by atoms with Crippen molar-refractivity contribution in [3.63, 3.8) is 0 Å². The third-order valence-electron chi connectivity index (χ3n) is 3.56. The fourth-order valence-electron chi connectivity index (χ4n) is 2.80. The fourth-order valence-corrected chi connectivity index (χ4v) is 2.80. The number of rotatable bonds is 2. The maximum Gasteiger partial charge on any atom is 0.167 e. The molecule has 2 fully saturated rings. The van der Waals surface area contributed by atoms with E-state index in [1.807, 2.05) is 12.1 Å². The second-order valence-electron chi connectivity index (χ2n) is 4.87. The maximum atomic E-state index is 12.3. The van der Waals surface area contributed by atoms with Crippen LogP contribution >= 0.6 is 0 Å². The molecule has 2 saturated heterocycles. The van der Waals surface area contributed by atoms with E-state index in [1.54, 1.807) is 12.4 Å². The first-order valence-corrected chi connectivity index (χ1v) is 6.11. The lowest BCUT2D eigenvalue weighted by molar-refractivity contribution is 0.00952. The van der Waals surface area contributed by atoms with Crippen LogP contribution in [0.4, 0.5) is 0 Å². The number of hydrogen-bond acceptors (Lipinski definition) is 4. The van der Waals surface area contributed by atoms with Gasteiger partial charge in [-0.2, -0.15) is 0 Å². The van der Waals surface area contributed by atoms with Crippen molar-refractivity contribution in [1.29, 1.82) is 0 Å². The first-order chi connectivity index (χ1) is 8.33. The number of piperidine rings is 1. The van der Waals surface area contributed by atoms with Crippen molar-refractivity contribution in [2.24, 2.45) is 5.92 Å². The quantitative estimate of drug-likeness (QED) is 0.774. The first-order valence-electron chi connectivity index (χ1n) is 6.11. The van der Waals surface area contributed by atoms with E-state index in [2.05, 4.69) is 10.3 Å². The summed E-state index contributed by atoms with van der Waals surface area (Å²) >= 11 is 0. The van der Waals surface area contributed by atoms with Crippen LogP contribution in [-0.4, -0.2) is 36.1 Å². The van der Waals surface area contributed by atoms with E-state index in [0.717, 1.165) is 31.6 Å². The van der Waals surface area contributed by atoms with Gasteiger partial charge in [0.25, 0.3) is 0 Å². The van der Waals surface area contributed by atoms with Crippen molar-refractivity contribution in [2.45, 2.75) is 24.9 Å². The van der Waals surface area contributed by atoms with Gasteiger partial charge >= 0.3 is 0 Å². The summed E-state index contributed by atoms with van der Waals surface area (Å²) in [4.78, 5) is 16.3. The number of carbonyl (C=O) groups excluding carboxylic acids is 1. The molecule has 1 aromatic heterocycles. The Labute approximate surface area is 100 Å². The van der Waals surface area contributed by atoms with Crippen molar-refractivity contribution in [3.8, 4) is 0 Å². The molecule has 1 aromatic rings. The summed E-state index contributed by atoms with van der Waals surface area (Å²) in [7, 11) is 0. The van der Waals surface area contributed by atoms with Gasteiger partial charge in [-0.05, 0) is 25.0 Å². The van der Waals surface area contributed by atoms with Crippen LogP contribution in [-0.2, 0) is 4.74 Å². The molecule has 2 unspecified atom stereocenters. The smallest absolute Gasteiger partial charge is 0.167 e. The zero-order valence-corrected chi connectivity index (χ0v) is 9.63. The van der Waals surface area contributed by atoms with Crippen LogP contribution in [0.25, 0.3) is 0 Å². The number of carbonyl (C=O) groups is 1. The highest BCUT2D eigenvalue weighted by Gasteiger charge is 2.35. The Morgan fingerprint density at radius 2 is 2.12 bits per heavy atom. The van der Waals surface area contributed by atoms with Crippen LogP contribution in [0.2, 0.25) is 0 Å². The molecule has 17 heavy (non-hydrogen) atoms. The lowest BCUT2D eigenvalue weighted by Gasteiger charge is -2.39. The minimum Gasteiger partial charge on any atom is -0.378 e. The summed E-state index contributed by atoms with van der Waals surface area (Å²) in [5, 5.41) is 3.50. The third-order valence-corrected chi connectivity index (χ3v) is 3.56. The van der Waals surface area contributed by atoms with E-state index >= 15 is 0 Å². The van der Waals surface area contributed by atoms with Crippen LogP contribution < -0.4 is 5.32 Å². The molecule has 4 nitrogen and oxygen atoms in total. The average molecular weight is 232 g/mol. The molecular weight excluding hydrogens is 216 g/mol. The zero-order chi connectivity index (χ0) is 11.7. The first kappa shape index (κ1) is 10.9. The third kappa shape index (κ3) is 2.23. The van der Waals surface area contributed by atoms with Crippen LogP contribution in [0.5, 0.6) is 0 Å². The van der Waals surface area contributed by atoms with E-state index in [1.165, 1.54) is 0 Å². The average Bonchev–Trinajstić information content (AvgIpc) is 2.38. The van der Waals surface area contributed by atoms with Crippen molar-refractivity contribution in [2.75, 3.05) is 13.2 Å². The monoisotopic (exact) mass is 232 g/mol. The molecule has 2 aliphatic heterocycles. The number of hydrogen-bond donors (Lipinski definition) is 1. The Kier molecular flexibility index (Phi) is 2.91. The van der Waals surface area contributed by atoms with Gasteiger partial charge in [0.1, 0.15) is 0 Å². The standard InChI is InChI=1S/C13H16N2O2/c16-13(9-2-1-3-14-6-9)10-4-11-7-17-8-12(5-10)15-11/h1-3,6,10-12,15H,4-5,7-8H2. The number of nitrogens with zero attached hydrogens (tertiary/aromatic N) is 1. The summed E-state index contributed by atoms with van der Waals surface area (Å²) < 4.78 is 5.48. The molecule has 0 aliphatic carbocycles. The molecule has 90 valence electrons. The molecule has 2 aliphatic rings. The number of nitrogens with one attached hydrogen (secondary N) is 1. The molecule has 0 radical (unpaired) electrons. The highest BCUT2D eigenvalue weighted by atomic mass is 16.5. The maximum absolute atomic E-state index is 12.3. The van der Waals surface area contributed by atoms with Crippen molar-refractivity contribution < 1.29 is 9.53 Å². The number of fused-ring (bicyclic) bond motifs is 2. The molecule has 2 bridgehead atoms. The number of morpholine rings is 1. The van der Waals surface area contributed by atoms with Crippen LogP contribution in [0, 0.1) is 5.92 Å². The summed E-state index contributed by atoms with van der Waals surface area (Å²) in [6, 6.07) is 4.35. The topological polar surface area (TPSA) is 51.2 Å². The number of ether oxygens (including phenoxy) is 1. The molecule has 0 amide bonds. The normalized spacial score (nSPS) is 32.1. The Balaban J connectivity index is 1.74. The Hall–Kier alpha value is -1.26. The number of Topliss-reactive ketones (excluding diaryl/α,β-unsaturated/α-hetero) is 1. The molecule has 0 saturated carbocycles. The Morgan fingerprint density at radius 3 is 2.76 bits per heavy atom. The molecule has 4 heteroatoms. The SMILES string of the molecule is O=C(c1cccnc1)C1CC2COCC(C1)N2. The van der Waals surface area contributed by atoms with Gasteiger partial charge in [0.15, 0.2) is 5.78 Å². The summed E-state index contributed by atoms with van der Waals surface area (Å²) in [6.45, 7) is 1.46. The van der Waals surface area contributed by atoms with Gasteiger partial charge in [-0.25, -0.2) is 0 Å². The van der Waals surface area contributed by atoms with E-state index in [9.17, 15) is 4.79 Å². The molecule has 0 aromatic carbocycles. The second kappa shape index (κ2) is 4.55. The van der Waals surface area contributed by atoms with E-state index in [4.69, 9.17) is 4.74 Å². The van der Waals surface area contributed by atoms with Gasteiger partial charge in [0.2, 0.25) is 0 Å². The number of pyridine rings is 1. The Morgan fingerprint density at radius 1 is 1.35 bits per heavy atom. The molecule has 0 spiro atoms. The number of aromatic nitrogens is 1. The van der Waals surface area contributed by atoms with Crippen LogP contribution in [0.3, 0.4) is 0 Å². The molecular formula is C13H16N2O2. The molecule has 2 atom stereocenters. The van der Waals surface area contributed by atoms with Crippen LogP contribution in [0.1, 0.15) is 23.2 Å². The van der Waals surface area contributed by atoms with Crippen molar-refractivity contribution >= 4 is 5.78 Å². The summed E-state index contributed by atoms with van der Waals surface area (Å²) in [5.41, 5.74) is 0.735. The molecule has 3 heterocycles. The minimum atomic E-state index is 0.124. The van der Waals surface area contributed by atoms with E-state index in [0.29, 0.717) is 12.1 Å². The predicted molar refractivity (Wildman–Crippen MR) is 62.8 cm³/mol.